The van der Waals surface area contributed by atoms with Crippen LogP contribution in [-0.2, 0) is 52.8 Å². The summed E-state index contributed by atoms with van der Waals surface area (Å²) >= 11 is 1.17. The van der Waals surface area contributed by atoms with Gasteiger partial charge in [-0.25, -0.2) is 10.4 Å². The van der Waals surface area contributed by atoms with E-state index in [9.17, 15) is 24.0 Å². The van der Waals surface area contributed by atoms with Crippen LogP contribution in [0.5, 0.6) is 0 Å². The number of benzene rings is 1. The molecule has 0 unspecified atom stereocenters. The summed E-state index contributed by atoms with van der Waals surface area (Å²) in [6, 6.07) is 7.85. The summed E-state index contributed by atoms with van der Waals surface area (Å²) in [6.45, 7) is 17.5. The maximum Gasteiger partial charge on any atom is 0.307 e. The van der Waals surface area contributed by atoms with E-state index < -0.39 is 35.2 Å². The number of cyclic esters (lactones) is 1. The normalized spacial score (nSPS) is 21.3. The Bertz CT molecular complexity index is 2450. The van der Waals surface area contributed by atoms with Gasteiger partial charge in [0.25, 0.3) is 5.91 Å². The Hall–Kier alpha value is -5.52. The molecule has 2 N–H and O–H groups in total. The Morgan fingerprint density at radius 1 is 1.14 bits per heavy atom. The summed E-state index contributed by atoms with van der Waals surface area (Å²) in [4.78, 5) is 81.6. The predicted octanol–water partition coefficient (Wildman–Crippen LogP) is 5.51. The molecule has 348 valence electrons. The number of nitrogens with one attached hydrogen (secondary N) is 2. The molecule has 6 heterocycles. The van der Waals surface area contributed by atoms with Crippen LogP contribution in [0.3, 0.4) is 0 Å². The molecule has 17 heteroatoms. The Morgan fingerprint density at radius 2 is 1.92 bits per heavy atom. The molecule has 6 bridgehead atoms. The van der Waals surface area contributed by atoms with Crippen LogP contribution in [0.25, 0.3) is 33.5 Å². The molecule has 16 nitrogen and oxygen atoms in total. The standard InChI is InChI=1S/C48H63N9O7S/c1-10-39(58)55-21-18-31(26-55)46(61)54(8)42(28(3)4)45(60)50-36-24-38-51-44(53-65-38)30-16-17-37-34(22-30)35(43(56(37)11-2)33-15-12-19-49-41(33)29(5)63-9)25-48(6,7)27-64-40(59)23-32-14-13-20-57(52-32)47(36)62/h10,12,15-17,19,22,28-29,31-32,36,42,52H,1,11,13-14,18,20-21,23-27H2,2-9H3,(H,50,60)/t29-,31-,32-,36-,42-/m0/s1. The first-order valence-electron chi connectivity index (χ1n) is 22.7. The Labute approximate surface area is 385 Å². The topological polar surface area (TPSA) is 181 Å². The zero-order valence-electron chi connectivity index (χ0n) is 38.9. The zero-order valence-corrected chi connectivity index (χ0v) is 39.7. The van der Waals surface area contributed by atoms with Crippen LogP contribution in [0.2, 0.25) is 0 Å². The number of esters is 1. The van der Waals surface area contributed by atoms with Crippen molar-refractivity contribution < 1.29 is 33.4 Å². The third kappa shape index (κ3) is 10.2. The number of nitrogens with zero attached hydrogens (tertiary/aromatic N) is 7. The van der Waals surface area contributed by atoms with Gasteiger partial charge in [0.1, 0.15) is 17.1 Å². The average Bonchev–Trinajstić information content (AvgIpc) is 4.05. The summed E-state index contributed by atoms with van der Waals surface area (Å²) < 4.78 is 18.9. The van der Waals surface area contributed by atoms with E-state index in [-0.39, 0.29) is 61.8 Å². The molecule has 0 spiro atoms. The number of aryl methyl sites for hydroxylation is 1. The fraction of sp³-hybridized carbons (Fsp3) is 0.542. The number of hydrazine groups is 1. The van der Waals surface area contributed by atoms with Gasteiger partial charge in [0, 0.05) is 86.4 Å². The Balaban J connectivity index is 1.27. The predicted molar refractivity (Wildman–Crippen MR) is 248 cm³/mol. The molecule has 0 aliphatic carbocycles. The quantitative estimate of drug-likeness (QED) is 0.151. The van der Waals surface area contributed by atoms with Crippen LogP contribution in [0.15, 0.2) is 49.2 Å². The molecular formula is C48H63N9O7S. The average molecular weight is 910 g/mol. The van der Waals surface area contributed by atoms with Gasteiger partial charge in [-0.15, -0.1) is 0 Å². The number of aromatic nitrogens is 4. The van der Waals surface area contributed by atoms with Crippen molar-refractivity contribution in [3.8, 4) is 22.6 Å². The van der Waals surface area contributed by atoms with Crippen molar-refractivity contribution in [3.05, 3.63) is 65.4 Å². The minimum absolute atomic E-state index is 0.0381. The molecule has 7 rings (SSSR count). The number of amides is 4. The van der Waals surface area contributed by atoms with Gasteiger partial charge in [-0.05, 0) is 99.0 Å². The lowest BCUT2D eigenvalue weighted by molar-refractivity contribution is -0.150. The minimum Gasteiger partial charge on any atom is -0.465 e. The molecule has 0 radical (unpaired) electrons. The van der Waals surface area contributed by atoms with E-state index in [1.54, 1.807) is 25.3 Å². The highest BCUT2D eigenvalue weighted by atomic mass is 32.1. The van der Waals surface area contributed by atoms with Crippen LogP contribution in [0.1, 0.15) is 89.6 Å². The number of methoxy groups -OCH3 is 1. The van der Waals surface area contributed by atoms with E-state index >= 15 is 0 Å². The first-order chi connectivity index (χ1) is 31.0. The molecule has 2 saturated heterocycles. The van der Waals surface area contributed by atoms with Crippen molar-refractivity contribution in [2.45, 2.75) is 111 Å². The van der Waals surface area contributed by atoms with E-state index in [2.05, 4.69) is 60.9 Å². The van der Waals surface area contributed by atoms with Gasteiger partial charge in [0.2, 0.25) is 17.7 Å². The minimum atomic E-state index is -1.08. The highest BCUT2D eigenvalue weighted by molar-refractivity contribution is 7.05. The maximum atomic E-state index is 14.6. The first kappa shape index (κ1) is 47.4. The van der Waals surface area contributed by atoms with Crippen molar-refractivity contribution in [3.63, 3.8) is 0 Å². The van der Waals surface area contributed by atoms with Gasteiger partial charge in [0.05, 0.1) is 36.4 Å². The SMILES string of the molecule is C=CC(=O)N1CC[C@H](C(=O)N(C)[C@H](C(=O)N[C@H]2Cc3nc(ns3)-c3ccc4c(c3)c(c(-c3cccnc3[C@H](C)OC)n4CC)CC(C)(C)COC(=O)C[C@@H]3CCCN(N3)C2=O)C(C)C)C1. The molecule has 0 saturated carbocycles. The lowest BCUT2D eigenvalue weighted by Gasteiger charge is -2.37. The fourth-order valence-corrected chi connectivity index (χ4v) is 10.3. The number of hydrogen-bond acceptors (Lipinski definition) is 12. The number of pyridine rings is 1. The monoisotopic (exact) mass is 909 g/mol. The van der Waals surface area contributed by atoms with Gasteiger partial charge < -0.3 is 29.2 Å². The molecule has 4 aromatic rings. The number of carbonyl (C=O) groups is 5. The van der Waals surface area contributed by atoms with Crippen molar-refractivity contribution in [1.82, 2.24) is 44.5 Å². The van der Waals surface area contributed by atoms with Crippen molar-refractivity contribution >= 4 is 52.0 Å². The second kappa shape index (κ2) is 19.9. The van der Waals surface area contributed by atoms with Gasteiger partial charge in [-0.1, -0.05) is 34.3 Å². The van der Waals surface area contributed by atoms with Gasteiger partial charge in [-0.2, -0.15) is 4.37 Å². The lowest BCUT2D eigenvalue weighted by Crippen LogP contribution is -2.61. The third-order valence-electron chi connectivity index (χ3n) is 13.0. The molecule has 5 atom stereocenters. The van der Waals surface area contributed by atoms with E-state index in [0.717, 1.165) is 39.0 Å². The van der Waals surface area contributed by atoms with E-state index in [1.807, 2.05) is 32.9 Å². The number of carbonyl (C=O) groups excluding carboxylic acids is 5. The molecule has 1 aromatic carbocycles. The second-order valence-electron chi connectivity index (χ2n) is 18.7. The zero-order chi connectivity index (χ0) is 46.7. The summed E-state index contributed by atoms with van der Waals surface area (Å²) in [5.74, 6) is -2.03. The van der Waals surface area contributed by atoms with Crippen LogP contribution in [0, 0.1) is 17.3 Å². The molecule has 3 aliphatic rings. The summed E-state index contributed by atoms with van der Waals surface area (Å²) in [5, 5.41) is 6.05. The Morgan fingerprint density at radius 3 is 2.65 bits per heavy atom. The van der Waals surface area contributed by atoms with Crippen LogP contribution in [0.4, 0.5) is 0 Å². The summed E-state index contributed by atoms with van der Waals surface area (Å²) in [6.07, 6.45) is 5.16. The van der Waals surface area contributed by atoms with Crippen molar-refractivity contribution in [1.29, 1.82) is 0 Å². The molecule has 2 fully saturated rings. The van der Waals surface area contributed by atoms with Crippen LogP contribution in [-0.4, -0.2) is 122 Å². The van der Waals surface area contributed by atoms with E-state index in [1.165, 1.54) is 27.5 Å². The Kier molecular flexibility index (Phi) is 14.5. The number of likely N-dealkylation sites (N-methyl/N-ethyl adjacent to an activating group) is 1. The lowest BCUT2D eigenvalue weighted by atomic mass is 9.84. The molecule has 65 heavy (non-hydrogen) atoms. The van der Waals surface area contributed by atoms with Gasteiger partial charge >= 0.3 is 5.97 Å². The van der Waals surface area contributed by atoms with Gasteiger partial charge in [-0.3, -0.25) is 34.0 Å². The highest BCUT2D eigenvalue weighted by Crippen LogP contribution is 2.42. The molecule has 3 aromatic heterocycles. The number of ether oxygens (including phenoxy) is 2. The largest absolute Gasteiger partial charge is 0.465 e. The molecule has 3 aliphatic heterocycles. The first-order valence-corrected chi connectivity index (χ1v) is 23.5. The molecule has 4 amide bonds. The summed E-state index contributed by atoms with van der Waals surface area (Å²) in [5.41, 5.74) is 8.47. The van der Waals surface area contributed by atoms with E-state index in [4.69, 9.17) is 23.8 Å². The highest BCUT2D eigenvalue weighted by Gasteiger charge is 2.40. The fourth-order valence-electron chi connectivity index (χ4n) is 9.58. The summed E-state index contributed by atoms with van der Waals surface area (Å²) in [7, 11) is 3.28. The number of fused-ring (bicyclic) bond motifs is 6. The maximum absolute atomic E-state index is 14.6. The van der Waals surface area contributed by atoms with Crippen LogP contribution >= 0.6 is 11.5 Å². The molecular weight excluding hydrogens is 847 g/mol. The number of likely N-dealkylation sites (tertiary alicyclic amines) is 1. The smallest absolute Gasteiger partial charge is 0.307 e. The van der Waals surface area contributed by atoms with E-state index in [0.29, 0.717) is 56.1 Å². The third-order valence-corrected chi connectivity index (χ3v) is 13.7. The number of hydrogen-bond donors (Lipinski definition) is 2. The van der Waals surface area contributed by atoms with Gasteiger partial charge in [0.15, 0.2) is 5.82 Å². The second-order valence-corrected chi connectivity index (χ2v) is 19.5. The van der Waals surface area contributed by atoms with Crippen molar-refractivity contribution in [2.75, 3.05) is 40.4 Å². The van der Waals surface area contributed by atoms with Crippen LogP contribution < -0.4 is 10.7 Å². The number of rotatable bonds is 10. The van der Waals surface area contributed by atoms with Crippen molar-refractivity contribution in [2.24, 2.45) is 17.3 Å².